The van der Waals surface area contributed by atoms with Gasteiger partial charge in [0.25, 0.3) is 0 Å². The number of carbonyl (C=O) groups is 1. The zero-order chi connectivity index (χ0) is 17.5. The van der Waals surface area contributed by atoms with Gasteiger partial charge in [-0.2, -0.15) is 4.31 Å². The van der Waals surface area contributed by atoms with Gasteiger partial charge in [0.1, 0.15) is 0 Å². The van der Waals surface area contributed by atoms with Gasteiger partial charge in [-0.15, -0.1) is 0 Å². The Balaban J connectivity index is 1.84. The minimum Gasteiger partial charge on any atom is -0.335 e. The summed E-state index contributed by atoms with van der Waals surface area (Å²) in [6.45, 7) is 0.317. The molecule has 1 amide bonds. The molecule has 0 aliphatic carbocycles. The van der Waals surface area contributed by atoms with Crippen LogP contribution in [0.4, 0.5) is 0 Å². The molecule has 2 aliphatic heterocycles. The monoisotopic (exact) mass is 373 g/mol. The first-order valence-electron chi connectivity index (χ1n) is 7.53. The van der Waals surface area contributed by atoms with Crippen molar-refractivity contribution < 1.29 is 21.6 Å². The average molecular weight is 373 g/mol. The Hall–Kier alpha value is -1.52. The summed E-state index contributed by atoms with van der Waals surface area (Å²) in [6.07, 6.45) is 4.39. The quantitative estimate of drug-likeness (QED) is 0.666. The van der Waals surface area contributed by atoms with Crippen LogP contribution in [0.25, 0.3) is 0 Å². The van der Waals surface area contributed by atoms with Crippen LogP contribution in [-0.2, 0) is 31.1 Å². The van der Waals surface area contributed by atoms with Gasteiger partial charge in [0.05, 0.1) is 36.3 Å². The number of pyridine rings is 1. The van der Waals surface area contributed by atoms with Crippen molar-refractivity contribution in [2.45, 2.75) is 18.5 Å². The molecule has 24 heavy (non-hydrogen) atoms. The van der Waals surface area contributed by atoms with E-state index in [2.05, 4.69) is 4.98 Å². The number of amides is 1. The van der Waals surface area contributed by atoms with E-state index >= 15 is 0 Å². The summed E-state index contributed by atoms with van der Waals surface area (Å²) < 4.78 is 49.1. The first-order valence-corrected chi connectivity index (χ1v) is 11.2. The summed E-state index contributed by atoms with van der Waals surface area (Å²) in [4.78, 5) is 18.1. The van der Waals surface area contributed by atoms with E-state index in [1.165, 1.54) is 9.21 Å². The number of hydrogen-bond donors (Lipinski definition) is 0. The van der Waals surface area contributed by atoms with E-state index in [0.717, 1.165) is 11.8 Å². The third kappa shape index (κ3) is 3.45. The second-order valence-electron chi connectivity index (χ2n) is 6.21. The highest BCUT2D eigenvalue weighted by Gasteiger charge is 2.50. The smallest absolute Gasteiger partial charge is 0.227 e. The molecular formula is C14H19N3O5S2. The average Bonchev–Trinajstić information content (AvgIpc) is 2.80. The van der Waals surface area contributed by atoms with Crippen LogP contribution in [-0.4, -0.2) is 79.9 Å². The number of sulfonamides is 1. The summed E-state index contributed by atoms with van der Waals surface area (Å²) >= 11 is 0. The minimum absolute atomic E-state index is 0.119. The fourth-order valence-corrected chi connectivity index (χ4v) is 6.62. The van der Waals surface area contributed by atoms with E-state index < -0.39 is 31.9 Å². The van der Waals surface area contributed by atoms with Crippen LogP contribution >= 0.6 is 0 Å². The standard InChI is InChI=1S/C14H19N3O5S2/c1-23(19,20)17-6-5-16(12-9-24(21,22)10-13(12)17)14(18)7-11-3-2-4-15-8-11/h2-4,8,12-13H,5-7,9-10H2,1H3/t12-,13+/m0/s1. The summed E-state index contributed by atoms with van der Waals surface area (Å²) in [7, 11) is -6.89. The molecule has 2 fully saturated rings. The number of rotatable bonds is 3. The number of nitrogens with zero attached hydrogens (tertiary/aromatic N) is 3. The molecule has 3 heterocycles. The number of aromatic nitrogens is 1. The van der Waals surface area contributed by atoms with Gasteiger partial charge >= 0.3 is 0 Å². The third-order valence-corrected chi connectivity index (χ3v) is 7.45. The molecule has 0 bridgehead atoms. The summed E-state index contributed by atoms with van der Waals surface area (Å²) in [6, 6.07) is 2.19. The van der Waals surface area contributed by atoms with Crippen molar-refractivity contribution in [3.8, 4) is 0 Å². The van der Waals surface area contributed by atoms with Crippen LogP contribution in [0.3, 0.4) is 0 Å². The van der Waals surface area contributed by atoms with Crippen LogP contribution in [0.15, 0.2) is 24.5 Å². The molecular weight excluding hydrogens is 354 g/mol. The van der Waals surface area contributed by atoms with E-state index in [1.807, 2.05) is 0 Å². The molecule has 1 aromatic heterocycles. The maximum atomic E-state index is 12.6. The van der Waals surface area contributed by atoms with Gasteiger partial charge in [-0.05, 0) is 11.6 Å². The van der Waals surface area contributed by atoms with Crippen molar-refractivity contribution in [1.82, 2.24) is 14.2 Å². The lowest BCUT2D eigenvalue weighted by atomic mass is 10.1. The molecule has 0 spiro atoms. The first kappa shape index (κ1) is 17.3. The lowest BCUT2D eigenvalue weighted by molar-refractivity contribution is -0.135. The predicted molar refractivity (Wildman–Crippen MR) is 87.4 cm³/mol. The Morgan fingerprint density at radius 1 is 1.29 bits per heavy atom. The number of sulfone groups is 1. The van der Waals surface area contributed by atoms with Crippen LogP contribution < -0.4 is 0 Å². The van der Waals surface area contributed by atoms with Crippen LogP contribution in [0.5, 0.6) is 0 Å². The Labute approximate surface area is 141 Å². The SMILES string of the molecule is CS(=O)(=O)N1CCN(C(=O)Cc2cccnc2)[C@H]2CS(=O)(=O)C[C@H]21. The van der Waals surface area contributed by atoms with E-state index in [4.69, 9.17) is 0 Å². The largest absolute Gasteiger partial charge is 0.335 e. The molecule has 0 saturated carbocycles. The highest BCUT2D eigenvalue weighted by atomic mass is 32.2. The number of fused-ring (bicyclic) bond motifs is 1. The fourth-order valence-electron chi connectivity index (χ4n) is 3.42. The zero-order valence-electron chi connectivity index (χ0n) is 13.2. The maximum Gasteiger partial charge on any atom is 0.227 e. The van der Waals surface area contributed by atoms with Crippen LogP contribution in [0, 0.1) is 0 Å². The minimum atomic E-state index is -3.52. The molecule has 132 valence electrons. The molecule has 10 heteroatoms. The molecule has 0 radical (unpaired) electrons. The van der Waals surface area contributed by atoms with E-state index in [-0.39, 0.29) is 36.9 Å². The van der Waals surface area contributed by atoms with E-state index in [1.54, 1.807) is 24.5 Å². The third-order valence-electron chi connectivity index (χ3n) is 4.45. The van der Waals surface area contributed by atoms with Crippen molar-refractivity contribution in [2.24, 2.45) is 0 Å². The van der Waals surface area contributed by atoms with Gasteiger partial charge in [0.2, 0.25) is 15.9 Å². The molecule has 2 aliphatic rings. The maximum absolute atomic E-state index is 12.6. The van der Waals surface area contributed by atoms with Crippen LogP contribution in [0.2, 0.25) is 0 Å². The second-order valence-corrected chi connectivity index (χ2v) is 10.3. The van der Waals surface area contributed by atoms with E-state index in [9.17, 15) is 21.6 Å². The van der Waals surface area contributed by atoms with Crippen molar-refractivity contribution in [3.63, 3.8) is 0 Å². The summed E-state index contributed by atoms with van der Waals surface area (Å²) in [5, 5.41) is 0. The molecule has 1 aromatic rings. The number of hydrogen-bond acceptors (Lipinski definition) is 6. The molecule has 0 unspecified atom stereocenters. The number of piperazine rings is 1. The van der Waals surface area contributed by atoms with Gasteiger partial charge in [-0.25, -0.2) is 16.8 Å². The molecule has 2 saturated heterocycles. The van der Waals surface area contributed by atoms with Crippen LogP contribution in [0.1, 0.15) is 5.56 Å². The fraction of sp³-hybridized carbons (Fsp3) is 0.571. The zero-order valence-corrected chi connectivity index (χ0v) is 14.8. The molecule has 0 aromatic carbocycles. The van der Waals surface area contributed by atoms with Gasteiger partial charge in [0.15, 0.2) is 9.84 Å². The van der Waals surface area contributed by atoms with Crippen molar-refractivity contribution in [2.75, 3.05) is 30.9 Å². The molecule has 3 rings (SSSR count). The Kier molecular flexibility index (Phi) is 4.39. The van der Waals surface area contributed by atoms with Crippen molar-refractivity contribution in [1.29, 1.82) is 0 Å². The molecule has 0 N–H and O–H groups in total. The second kappa shape index (κ2) is 6.08. The molecule has 8 nitrogen and oxygen atoms in total. The van der Waals surface area contributed by atoms with E-state index in [0.29, 0.717) is 0 Å². The van der Waals surface area contributed by atoms with Crippen molar-refractivity contribution in [3.05, 3.63) is 30.1 Å². The Bertz CT molecular complexity index is 838. The summed E-state index contributed by atoms with van der Waals surface area (Å²) in [5.74, 6) is -0.632. The topological polar surface area (TPSA) is 105 Å². The predicted octanol–water partition coefficient (Wildman–Crippen LogP) is -1.11. The van der Waals surface area contributed by atoms with Gasteiger partial charge < -0.3 is 4.90 Å². The Morgan fingerprint density at radius 3 is 2.62 bits per heavy atom. The highest BCUT2D eigenvalue weighted by molar-refractivity contribution is 7.92. The Morgan fingerprint density at radius 2 is 2.00 bits per heavy atom. The first-order chi connectivity index (χ1) is 11.2. The van der Waals surface area contributed by atoms with Gasteiger partial charge in [-0.3, -0.25) is 9.78 Å². The molecule has 2 atom stereocenters. The van der Waals surface area contributed by atoms with Gasteiger partial charge in [-0.1, -0.05) is 6.07 Å². The lowest BCUT2D eigenvalue weighted by Gasteiger charge is -2.42. The lowest BCUT2D eigenvalue weighted by Crippen LogP contribution is -2.61. The van der Waals surface area contributed by atoms with Gasteiger partial charge in [0, 0.05) is 25.5 Å². The van der Waals surface area contributed by atoms with Crippen molar-refractivity contribution >= 4 is 25.8 Å². The highest BCUT2D eigenvalue weighted by Crippen LogP contribution is 2.29. The summed E-state index contributed by atoms with van der Waals surface area (Å²) in [5.41, 5.74) is 0.741. The number of carbonyl (C=O) groups excluding carboxylic acids is 1. The normalized spacial score (nSPS) is 27.0.